The van der Waals surface area contributed by atoms with Crippen molar-refractivity contribution in [3.05, 3.63) is 76.2 Å². The minimum absolute atomic E-state index is 0.117. The number of hydrogen-bond donors (Lipinski definition) is 1. The van der Waals surface area contributed by atoms with Crippen LogP contribution in [0.3, 0.4) is 0 Å². The molecule has 1 amide bonds. The average Bonchev–Trinajstić information content (AvgIpc) is 3.29. The number of nitrogens with one attached hydrogen (secondary N) is 1. The third kappa shape index (κ3) is 4.88. The summed E-state index contributed by atoms with van der Waals surface area (Å²) in [5.41, 5.74) is 2.08. The van der Waals surface area contributed by atoms with Gasteiger partial charge in [-0.3, -0.25) is 4.79 Å². The van der Waals surface area contributed by atoms with Crippen LogP contribution in [-0.2, 0) is 11.3 Å². The Morgan fingerprint density at radius 3 is 2.83 bits per heavy atom. The number of nitrogens with zero attached hydrogens (tertiary/aromatic N) is 5. The second-order valence-electron chi connectivity index (χ2n) is 8.68. The standard InChI is InChI=1S/C25H23BrF2N6O/c1-15-4-7-19(10-21(15)27)34-13-20-23(32-34)30-14-31-24(20)33-8-2-3-17(12-33)25(35)29-11-16-5-6-18(26)9-22(16)28/h4-7,9-10,13-14,17H,2-3,8,11-12H2,1H3,(H,29,35)/t17-/m0/s1. The predicted molar refractivity (Wildman–Crippen MR) is 132 cm³/mol. The first-order valence-corrected chi connectivity index (χ1v) is 12.1. The zero-order valence-corrected chi connectivity index (χ0v) is 20.6. The minimum Gasteiger partial charge on any atom is -0.355 e. The first kappa shape index (κ1) is 23.3. The molecule has 0 unspecified atom stereocenters. The van der Waals surface area contributed by atoms with E-state index in [-0.39, 0.29) is 30.0 Å². The van der Waals surface area contributed by atoms with Crippen molar-refractivity contribution in [1.29, 1.82) is 0 Å². The first-order valence-electron chi connectivity index (χ1n) is 11.3. The van der Waals surface area contributed by atoms with Gasteiger partial charge in [0.2, 0.25) is 5.91 Å². The van der Waals surface area contributed by atoms with Gasteiger partial charge in [0.25, 0.3) is 0 Å². The van der Waals surface area contributed by atoms with E-state index in [0.717, 1.165) is 24.8 Å². The SMILES string of the molecule is Cc1ccc(-n2cc3c(N4CCC[C@H](C(=O)NCc5ccc(Br)cc5F)C4)ncnc3n2)cc1F. The Labute approximate surface area is 209 Å². The van der Waals surface area contributed by atoms with E-state index in [2.05, 4.69) is 41.2 Å². The fourth-order valence-corrected chi connectivity index (χ4v) is 4.64. The summed E-state index contributed by atoms with van der Waals surface area (Å²) in [6, 6.07) is 9.73. The zero-order chi connectivity index (χ0) is 24.5. The van der Waals surface area contributed by atoms with Crippen molar-refractivity contribution in [2.75, 3.05) is 18.0 Å². The number of aromatic nitrogens is 4. The highest BCUT2D eigenvalue weighted by Crippen LogP contribution is 2.28. The molecule has 1 fully saturated rings. The van der Waals surface area contributed by atoms with E-state index in [1.807, 2.05) is 0 Å². The second-order valence-corrected chi connectivity index (χ2v) is 9.60. The van der Waals surface area contributed by atoms with E-state index in [4.69, 9.17) is 0 Å². The van der Waals surface area contributed by atoms with E-state index in [9.17, 15) is 13.6 Å². The smallest absolute Gasteiger partial charge is 0.225 e. The normalized spacial score (nSPS) is 16.0. The van der Waals surface area contributed by atoms with Gasteiger partial charge >= 0.3 is 0 Å². The number of carbonyl (C=O) groups excluding carboxylic acids is 1. The van der Waals surface area contributed by atoms with Crippen LogP contribution in [0, 0.1) is 24.5 Å². The maximum absolute atomic E-state index is 14.1. The fraction of sp³-hybridized carbons (Fsp3) is 0.280. The summed E-state index contributed by atoms with van der Waals surface area (Å²) in [5.74, 6) is -0.355. The summed E-state index contributed by atoms with van der Waals surface area (Å²) < 4.78 is 30.4. The number of rotatable bonds is 5. The summed E-state index contributed by atoms with van der Waals surface area (Å²) in [6.07, 6.45) is 4.79. The number of hydrogen-bond acceptors (Lipinski definition) is 5. The molecule has 2 aromatic carbocycles. The molecule has 1 atom stereocenters. The third-order valence-electron chi connectivity index (χ3n) is 6.28. The van der Waals surface area contributed by atoms with E-state index in [0.29, 0.717) is 39.3 Å². The van der Waals surface area contributed by atoms with Gasteiger partial charge in [-0.2, -0.15) is 0 Å². The van der Waals surface area contributed by atoms with Gasteiger partial charge in [-0.1, -0.05) is 28.1 Å². The summed E-state index contributed by atoms with van der Waals surface area (Å²) in [4.78, 5) is 23.7. The minimum atomic E-state index is -0.362. The van der Waals surface area contributed by atoms with Crippen LogP contribution in [0.4, 0.5) is 14.6 Å². The largest absolute Gasteiger partial charge is 0.355 e. The molecule has 10 heteroatoms. The van der Waals surface area contributed by atoms with Gasteiger partial charge in [-0.05, 0) is 49.6 Å². The molecular weight excluding hydrogens is 518 g/mol. The summed E-state index contributed by atoms with van der Waals surface area (Å²) in [5, 5.41) is 8.09. The summed E-state index contributed by atoms with van der Waals surface area (Å²) in [6.45, 7) is 3.05. The second kappa shape index (κ2) is 9.69. The molecule has 1 aliphatic rings. The van der Waals surface area contributed by atoms with E-state index in [1.165, 1.54) is 18.5 Å². The topological polar surface area (TPSA) is 75.9 Å². The highest BCUT2D eigenvalue weighted by molar-refractivity contribution is 9.10. The Kier molecular flexibility index (Phi) is 6.46. The van der Waals surface area contributed by atoms with Crippen LogP contribution in [0.2, 0.25) is 0 Å². The third-order valence-corrected chi connectivity index (χ3v) is 6.77. The number of aryl methyl sites for hydroxylation is 1. The maximum atomic E-state index is 14.1. The number of anilines is 1. The van der Waals surface area contributed by atoms with Crippen LogP contribution in [0.5, 0.6) is 0 Å². The Morgan fingerprint density at radius 2 is 2.03 bits per heavy atom. The zero-order valence-electron chi connectivity index (χ0n) is 19.0. The molecule has 0 aliphatic carbocycles. The number of benzene rings is 2. The quantitative estimate of drug-likeness (QED) is 0.397. The predicted octanol–water partition coefficient (Wildman–Crippen LogP) is 4.70. The Hall–Kier alpha value is -3.40. The lowest BCUT2D eigenvalue weighted by Gasteiger charge is -2.33. The van der Waals surface area contributed by atoms with Gasteiger partial charge in [0, 0.05) is 35.9 Å². The molecular formula is C25H23BrF2N6O. The lowest BCUT2D eigenvalue weighted by molar-refractivity contribution is -0.125. The molecule has 4 aromatic rings. The first-order chi connectivity index (χ1) is 16.9. The molecule has 35 heavy (non-hydrogen) atoms. The van der Waals surface area contributed by atoms with Gasteiger partial charge < -0.3 is 10.2 Å². The van der Waals surface area contributed by atoms with Crippen molar-refractivity contribution in [2.24, 2.45) is 5.92 Å². The van der Waals surface area contributed by atoms with Crippen LogP contribution < -0.4 is 10.2 Å². The molecule has 0 spiro atoms. The van der Waals surface area contributed by atoms with Gasteiger partial charge in [0.15, 0.2) is 5.65 Å². The van der Waals surface area contributed by atoms with Crippen LogP contribution in [-0.4, -0.2) is 38.7 Å². The van der Waals surface area contributed by atoms with Crippen molar-refractivity contribution >= 4 is 38.7 Å². The number of carbonyl (C=O) groups is 1. The Balaban J connectivity index is 1.33. The van der Waals surface area contributed by atoms with Gasteiger partial charge in [0.1, 0.15) is 23.8 Å². The Morgan fingerprint density at radius 1 is 1.17 bits per heavy atom. The molecule has 1 aliphatic heterocycles. The van der Waals surface area contributed by atoms with Crippen molar-refractivity contribution < 1.29 is 13.6 Å². The van der Waals surface area contributed by atoms with E-state index in [1.54, 1.807) is 42.1 Å². The molecule has 180 valence electrons. The molecule has 1 N–H and O–H groups in total. The molecule has 2 aromatic heterocycles. The van der Waals surface area contributed by atoms with Gasteiger partial charge in [-0.15, -0.1) is 5.10 Å². The Bertz CT molecular complexity index is 1410. The van der Waals surface area contributed by atoms with Crippen LogP contribution in [0.15, 0.2) is 53.4 Å². The lowest BCUT2D eigenvalue weighted by Crippen LogP contribution is -2.43. The average molecular weight is 541 g/mol. The van der Waals surface area contributed by atoms with E-state index < -0.39 is 0 Å². The molecule has 0 bridgehead atoms. The molecule has 1 saturated heterocycles. The van der Waals surface area contributed by atoms with Crippen LogP contribution in [0.25, 0.3) is 16.7 Å². The van der Waals surface area contributed by atoms with Crippen molar-refractivity contribution in [1.82, 2.24) is 25.1 Å². The van der Waals surface area contributed by atoms with Crippen LogP contribution in [0.1, 0.15) is 24.0 Å². The number of amides is 1. The summed E-state index contributed by atoms with van der Waals surface area (Å²) >= 11 is 3.24. The van der Waals surface area contributed by atoms with Crippen molar-refractivity contribution in [3.63, 3.8) is 0 Å². The van der Waals surface area contributed by atoms with Crippen molar-refractivity contribution in [3.8, 4) is 5.69 Å². The molecule has 0 radical (unpaired) electrons. The van der Waals surface area contributed by atoms with Gasteiger partial charge in [0.05, 0.1) is 17.0 Å². The van der Waals surface area contributed by atoms with Gasteiger partial charge in [-0.25, -0.2) is 23.4 Å². The van der Waals surface area contributed by atoms with E-state index >= 15 is 0 Å². The maximum Gasteiger partial charge on any atom is 0.225 e. The molecule has 7 nitrogen and oxygen atoms in total. The highest BCUT2D eigenvalue weighted by Gasteiger charge is 2.28. The molecule has 5 rings (SSSR count). The number of fused-ring (bicyclic) bond motifs is 1. The monoisotopic (exact) mass is 540 g/mol. The highest BCUT2D eigenvalue weighted by atomic mass is 79.9. The summed E-state index contributed by atoms with van der Waals surface area (Å²) in [7, 11) is 0. The lowest BCUT2D eigenvalue weighted by atomic mass is 9.97. The molecule has 3 heterocycles. The van der Waals surface area contributed by atoms with Crippen molar-refractivity contribution in [2.45, 2.75) is 26.3 Å². The number of piperidine rings is 1. The van der Waals surface area contributed by atoms with Crippen LogP contribution >= 0.6 is 15.9 Å². The molecule has 0 saturated carbocycles. The fourth-order valence-electron chi connectivity index (χ4n) is 4.31. The number of halogens is 3.